The third-order valence-corrected chi connectivity index (χ3v) is 4.13. The second-order valence-electron chi connectivity index (χ2n) is 5.12. The standard InChI is InChI=1S/C18H21Cl2NO2/c1-22-11-5-10-21-12-14-6-2-3-9-18(14)23-13-15-16(19)7-4-8-17(15)20/h2-4,6-9,21H,5,10-13H2,1H3. The van der Waals surface area contributed by atoms with Gasteiger partial charge in [-0.25, -0.2) is 0 Å². The molecule has 2 aromatic carbocycles. The van der Waals surface area contributed by atoms with E-state index in [2.05, 4.69) is 5.32 Å². The molecule has 0 aromatic heterocycles. The van der Waals surface area contributed by atoms with Crippen LogP contribution < -0.4 is 10.1 Å². The molecule has 0 saturated carbocycles. The van der Waals surface area contributed by atoms with Crippen LogP contribution in [0, 0.1) is 0 Å². The first-order chi connectivity index (χ1) is 11.2. The van der Waals surface area contributed by atoms with E-state index in [0.29, 0.717) is 16.7 Å². The molecule has 0 spiro atoms. The topological polar surface area (TPSA) is 30.5 Å². The van der Waals surface area contributed by atoms with E-state index in [-0.39, 0.29) is 0 Å². The molecule has 0 amide bonds. The van der Waals surface area contributed by atoms with Crippen molar-refractivity contribution in [2.45, 2.75) is 19.6 Å². The Morgan fingerprint density at radius 2 is 1.74 bits per heavy atom. The lowest BCUT2D eigenvalue weighted by atomic mass is 10.2. The van der Waals surface area contributed by atoms with E-state index in [1.165, 1.54) is 0 Å². The summed E-state index contributed by atoms with van der Waals surface area (Å²) < 4.78 is 11.0. The highest BCUT2D eigenvalue weighted by molar-refractivity contribution is 6.35. The van der Waals surface area contributed by atoms with Crippen molar-refractivity contribution in [1.82, 2.24) is 5.32 Å². The van der Waals surface area contributed by atoms with E-state index in [4.69, 9.17) is 32.7 Å². The zero-order chi connectivity index (χ0) is 16.5. The van der Waals surface area contributed by atoms with Gasteiger partial charge >= 0.3 is 0 Å². The summed E-state index contributed by atoms with van der Waals surface area (Å²) in [6, 6.07) is 13.4. The normalized spacial score (nSPS) is 10.7. The maximum Gasteiger partial charge on any atom is 0.124 e. The van der Waals surface area contributed by atoms with Crippen LogP contribution in [-0.2, 0) is 17.9 Å². The van der Waals surface area contributed by atoms with Gasteiger partial charge in [0.15, 0.2) is 0 Å². The quantitative estimate of drug-likeness (QED) is 0.662. The molecule has 5 heteroatoms. The second kappa shape index (κ2) is 9.78. The van der Waals surface area contributed by atoms with Crippen molar-refractivity contribution in [3.8, 4) is 5.75 Å². The molecule has 0 aliphatic carbocycles. The molecule has 0 saturated heterocycles. The summed E-state index contributed by atoms with van der Waals surface area (Å²) in [7, 11) is 1.71. The molecule has 3 nitrogen and oxygen atoms in total. The molecule has 2 aromatic rings. The van der Waals surface area contributed by atoms with Gasteiger partial charge in [0.05, 0.1) is 0 Å². The smallest absolute Gasteiger partial charge is 0.124 e. The number of para-hydroxylation sites is 1. The summed E-state index contributed by atoms with van der Waals surface area (Å²) >= 11 is 12.4. The van der Waals surface area contributed by atoms with Crippen molar-refractivity contribution < 1.29 is 9.47 Å². The number of hydrogen-bond acceptors (Lipinski definition) is 3. The number of hydrogen-bond donors (Lipinski definition) is 1. The Kier molecular flexibility index (Phi) is 7.69. The molecule has 2 rings (SSSR count). The van der Waals surface area contributed by atoms with Crippen molar-refractivity contribution in [3.05, 3.63) is 63.6 Å². The molecule has 0 aliphatic heterocycles. The lowest BCUT2D eigenvalue weighted by Gasteiger charge is -2.13. The number of methoxy groups -OCH3 is 1. The zero-order valence-electron chi connectivity index (χ0n) is 13.1. The molecule has 0 aliphatic rings. The first-order valence-electron chi connectivity index (χ1n) is 7.55. The predicted octanol–water partition coefficient (Wildman–Crippen LogP) is 4.70. The van der Waals surface area contributed by atoms with Crippen LogP contribution in [0.15, 0.2) is 42.5 Å². The van der Waals surface area contributed by atoms with Crippen molar-refractivity contribution in [1.29, 1.82) is 0 Å². The van der Waals surface area contributed by atoms with E-state index in [1.54, 1.807) is 7.11 Å². The minimum atomic E-state index is 0.346. The lowest BCUT2D eigenvalue weighted by Crippen LogP contribution is -2.16. The number of benzene rings is 2. The fourth-order valence-electron chi connectivity index (χ4n) is 2.18. The Hall–Kier alpha value is -1.26. The van der Waals surface area contributed by atoms with Crippen LogP contribution in [0.25, 0.3) is 0 Å². The maximum atomic E-state index is 6.18. The van der Waals surface area contributed by atoms with Crippen molar-refractivity contribution in [2.24, 2.45) is 0 Å². The largest absolute Gasteiger partial charge is 0.488 e. The first kappa shape index (κ1) is 18.1. The predicted molar refractivity (Wildman–Crippen MR) is 95.4 cm³/mol. The molecule has 0 fully saturated rings. The molecule has 0 bridgehead atoms. The van der Waals surface area contributed by atoms with E-state index in [0.717, 1.165) is 43.0 Å². The number of ether oxygens (including phenoxy) is 2. The highest BCUT2D eigenvalue weighted by Gasteiger charge is 2.08. The Bertz CT molecular complexity index is 599. The Balaban J connectivity index is 1.95. The molecular formula is C18H21Cl2NO2. The molecule has 1 N–H and O–H groups in total. The average Bonchev–Trinajstić information content (AvgIpc) is 2.55. The van der Waals surface area contributed by atoms with Gasteiger partial charge in [0.2, 0.25) is 0 Å². The van der Waals surface area contributed by atoms with Gasteiger partial charge in [0.1, 0.15) is 12.4 Å². The van der Waals surface area contributed by atoms with E-state index >= 15 is 0 Å². The molecule has 0 unspecified atom stereocenters. The van der Waals surface area contributed by atoms with Crippen molar-refractivity contribution >= 4 is 23.2 Å². The van der Waals surface area contributed by atoms with Gasteiger partial charge in [-0.1, -0.05) is 47.5 Å². The van der Waals surface area contributed by atoms with Gasteiger partial charge in [-0.3, -0.25) is 0 Å². The van der Waals surface area contributed by atoms with Crippen LogP contribution in [0.4, 0.5) is 0 Å². The third kappa shape index (κ3) is 5.70. The summed E-state index contributed by atoms with van der Waals surface area (Å²) in [5, 5.41) is 4.62. The van der Waals surface area contributed by atoms with E-state index in [9.17, 15) is 0 Å². The number of nitrogens with one attached hydrogen (secondary N) is 1. The molecule has 0 atom stereocenters. The van der Waals surface area contributed by atoms with Crippen molar-refractivity contribution in [2.75, 3.05) is 20.3 Å². The highest BCUT2D eigenvalue weighted by Crippen LogP contribution is 2.27. The van der Waals surface area contributed by atoms with Crippen LogP contribution in [-0.4, -0.2) is 20.3 Å². The SMILES string of the molecule is COCCCNCc1ccccc1OCc1c(Cl)cccc1Cl. The Morgan fingerprint density at radius 3 is 2.48 bits per heavy atom. The molecule has 124 valence electrons. The fourth-order valence-corrected chi connectivity index (χ4v) is 2.68. The fraction of sp³-hybridized carbons (Fsp3) is 0.333. The minimum absolute atomic E-state index is 0.346. The van der Waals surface area contributed by atoms with Crippen LogP contribution in [0.2, 0.25) is 10.0 Å². The number of halogens is 2. The minimum Gasteiger partial charge on any atom is -0.488 e. The highest BCUT2D eigenvalue weighted by atomic mass is 35.5. The van der Waals surface area contributed by atoms with Crippen molar-refractivity contribution in [3.63, 3.8) is 0 Å². The number of rotatable bonds is 9. The molecule has 23 heavy (non-hydrogen) atoms. The first-order valence-corrected chi connectivity index (χ1v) is 8.31. The van der Waals surface area contributed by atoms with Crippen LogP contribution in [0.1, 0.15) is 17.5 Å². The summed E-state index contributed by atoms with van der Waals surface area (Å²) in [5.41, 5.74) is 1.91. The van der Waals surface area contributed by atoms with Gasteiger partial charge in [-0.2, -0.15) is 0 Å². The summed E-state index contributed by atoms with van der Waals surface area (Å²) in [4.78, 5) is 0. The Morgan fingerprint density at radius 1 is 1.00 bits per heavy atom. The van der Waals surface area contributed by atoms with Gasteiger partial charge in [0.25, 0.3) is 0 Å². The van der Waals surface area contributed by atoms with Crippen LogP contribution in [0.3, 0.4) is 0 Å². The summed E-state index contributed by atoms with van der Waals surface area (Å²) in [6.45, 7) is 2.75. The second-order valence-corrected chi connectivity index (χ2v) is 5.93. The lowest BCUT2D eigenvalue weighted by molar-refractivity contribution is 0.194. The van der Waals surface area contributed by atoms with Gasteiger partial charge in [-0.15, -0.1) is 0 Å². The zero-order valence-corrected chi connectivity index (χ0v) is 14.7. The molecular weight excluding hydrogens is 333 g/mol. The summed E-state index contributed by atoms with van der Waals surface area (Å²) in [6.07, 6.45) is 0.981. The van der Waals surface area contributed by atoms with Crippen LogP contribution >= 0.6 is 23.2 Å². The van der Waals surface area contributed by atoms with Crippen LogP contribution in [0.5, 0.6) is 5.75 Å². The molecule has 0 heterocycles. The maximum absolute atomic E-state index is 6.18. The van der Waals surface area contributed by atoms with Gasteiger partial charge in [0, 0.05) is 41.4 Å². The molecule has 0 radical (unpaired) electrons. The third-order valence-electron chi connectivity index (χ3n) is 3.42. The van der Waals surface area contributed by atoms with Gasteiger partial charge in [-0.05, 0) is 31.2 Å². The Labute approximate surface area is 147 Å². The van der Waals surface area contributed by atoms with Gasteiger partial charge < -0.3 is 14.8 Å². The summed E-state index contributed by atoms with van der Waals surface area (Å²) in [5.74, 6) is 0.836. The van der Waals surface area contributed by atoms with E-state index < -0.39 is 0 Å². The van der Waals surface area contributed by atoms with E-state index in [1.807, 2.05) is 42.5 Å². The monoisotopic (exact) mass is 353 g/mol. The average molecular weight is 354 g/mol.